The van der Waals surface area contributed by atoms with Gasteiger partial charge in [0.15, 0.2) is 0 Å². The van der Waals surface area contributed by atoms with Gasteiger partial charge in [0.1, 0.15) is 0 Å². The largest absolute Gasteiger partial charge is 0.339 e. The summed E-state index contributed by atoms with van der Waals surface area (Å²) in [5, 5.41) is 9.48. The van der Waals surface area contributed by atoms with E-state index in [1.165, 1.54) is 12.1 Å². The van der Waals surface area contributed by atoms with Crippen LogP contribution in [-0.4, -0.2) is 36.1 Å². The van der Waals surface area contributed by atoms with Gasteiger partial charge in [0.2, 0.25) is 15.9 Å². The molecule has 1 aromatic heterocycles. The molecule has 0 spiro atoms. The number of amides is 1. The number of para-hydroxylation sites is 1. The standard InChI is InChI=1S/C21H24N4O3S/c1-16(18-9-11-20(12-10-18)29(22,27)28)24(2)21(26)13-8-17-14-23-25(15-17)19-6-4-3-5-7-19/h3-7,9-12,14-16H,8,13H2,1-2H3,(H2,22,27,28)/t16-/m1/s1. The van der Waals surface area contributed by atoms with Gasteiger partial charge in [-0.05, 0) is 48.7 Å². The maximum Gasteiger partial charge on any atom is 0.238 e. The number of rotatable bonds is 7. The summed E-state index contributed by atoms with van der Waals surface area (Å²) in [4.78, 5) is 14.3. The molecule has 0 radical (unpaired) electrons. The summed E-state index contributed by atoms with van der Waals surface area (Å²) in [7, 11) is -1.98. The van der Waals surface area contributed by atoms with Crippen molar-refractivity contribution in [2.24, 2.45) is 5.14 Å². The number of aromatic nitrogens is 2. The minimum atomic E-state index is -3.73. The van der Waals surface area contributed by atoms with E-state index in [-0.39, 0.29) is 16.8 Å². The van der Waals surface area contributed by atoms with Crippen LogP contribution in [0.3, 0.4) is 0 Å². The molecule has 0 saturated heterocycles. The number of nitrogens with zero attached hydrogens (tertiary/aromatic N) is 3. The number of carbonyl (C=O) groups excluding carboxylic acids is 1. The van der Waals surface area contributed by atoms with Crippen molar-refractivity contribution in [3.05, 3.63) is 78.1 Å². The molecule has 1 atom stereocenters. The van der Waals surface area contributed by atoms with E-state index in [9.17, 15) is 13.2 Å². The van der Waals surface area contributed by atoms with Gasteiger partial charge in [0.25, 0.3) is 0 Å². The number of nitrogens with two attached hydrogens (primary N) is 1. The Morgan fingerprint density at radius 1 is 1.14 bits per heavy atom. The lowest BCUT2D eigenvalue weighted by atomic mass is 10.1. The zero-order valence-corrected chi connectivity index (χ0v) is 17.2. The van der Waals surface area contributed by atoms with Crippen molar-refractivity contribution in [3.63, 3.8) is 0 Å². The fourth-order valence-corrected chi connectivity index (χ4v) is 3.53. The monoisotopic (exact) mass is 412 g/mol. The first-order valence-corrected chi connectivity index (χ1v) is 10.8. The van der Waals surface area contributed by atoms with Crippen molar-refractivity contribution >= 4 is 15.9 Å². The lowest BCUT2D eigenvalue weighted by Crippen LogP contribution is -2.29. The lowest BCUT2D eigenvalue weighted by Gasteiger charge is -2.25. The van der Waals surface area contributed by atoms with Gasteiger partial charge in [0, 0.05) is 19.7 Å². The SMILES string of the molecule is C[C@H](c1ccc(S(N)(=O)=O)cc1)N(C)C(=O)CCc1cnn(-c2ccccc2)c1. The zero-order chi connectivity index (χ0) is 21.0. The third-order valence-electron chi connectivity index (χ3n) is 4.95. The Balaban J connectivity index is 1.60. The fourth-order valence-electron chi connectivity index (χ4n) is 3.01. The van der Waals surface area contributed by atoms with E-state index < -0.39 is 10.0 Å². The molecule has 1 amide bonds. The van der Waals surface area contributed by atoms with Crippen LogP contribution in [0.5, 0.6) is 0 Å². The normalized spacial score (nSPS) is 12.5. The lowest BCUT2D eigenvalue weighted by molar-refractivity contribution is -0.131. The Bertz CT molecular complexity index is 1080. The van der Waals surface area contributed by atoms with Crippen molar-refractivity contribution in [1.82, 2.24) is 14.7 Å². The van der Waals surface area contributed by atoms with E-state index in [0.717, 1.165) is 16.8 Å². The van der Waals surface area contributed by atoms with Crippen molar-refractivity contribution in [2.45, 2.75) is 30.7 Å². The van der Waals surface area contributed by atoms with Crippen LogP contribution >= 0.6 is 0 Å². The molecule has 2 N–H and O–H groups in total. The molecule has 0 aliphatic carbocycles. The van der Waals surface area contributed by atoms with E-state index in [1.807, 2.05) is 43.5 Å². The van der Waals surface area contributed by atoms with Crippen LogP contribution in [0.1, 0.15) is 30.5 Å². The van der Waals surface area contributed by atoms with Crippen LogP contribution < -0.4 is 5.14 Å². The molecule has 1 heterocycles. The molecule has 0 aliphatic rings. The van der Waals surface area contributed by atoms with Crippen LogP contribution in [0.2, 0.25) is 0 Å². The maximum atomic E-state index is 12.6. The quantitative estimate of drug-likeness (QED) is 0.645. The Kier molecular flexibility index (Phi) is 6.14. The highest BCUT2D eigenvalue weighted by Gasteiger charge is 2.18. The molecule has 29 heavy (non-hydrogen) atoms. The van der Waals surface area contributed by atoms with Crippen molar-refractivity contribution in [3.8, 4) is 5.69 Å². The molecular weight excluding hydrogens is 388 g/mol. The molecule has 3 rings (SSSR count). The van der Waals surface area contributed by atoms with Crippen LogP contribution in [0.4, 0.5) is 0 Å². The minimum absolute atomic E-state index is 0.000448. The summed E-state index contributed by atoms with van der Waals surface area (Å²) in [6, 6.07) is 15.9. The predicted octanol–water partition coefficient (Wildman–Crippen LogP) is 2.67. The van der Waals surface area contributed by atoms with E-state index in [2.05, 4.69) is 5.10 Å². The third kappa shape index (κ3) is 5.10. The smallest absolute Gasteiger partial charge is 0.238 e. The van der Waals surface area contributed by atoms with Gasteiger partial charge in [-0.1, -0.05) is 30.3 Å². The van der Waals surface area contributed by atoms with Gasteiger partial charge >= 0.3 is 0 Å². The summed E-state index contributed by atoms with van der Waals surface area (Å²) >= 11 is 0. The predicted molar refractivity (Wildman–Crippen MR) is 111 cm³/mol. The topological polar surface area (TPSA) is 98.3 Å². The molecule has 0 bridgehead atoms. The van der Waals surface area contributed by atoms with E-state index in [0.29, 0.717) is 12.8 Å². The van der Waals surface area contributed by atoms with Gasteiger partial charge < -0.3 is 4.90 Å². The second-order valence-electron chi connectivity index (χ2n) is 6.92. The average Bonchev–Trinajstić information content (AvgIpc) is 3.20. The van der Waals surface area contributed by atoms with Gasteiger partial charge in [-0.2, -0.15) is 5.10 Å². The summed E-state index contributed by atoms with van der Waals surface area (Å²) in [5.41, 5.74) is 2.80. The molecular formula is C21H24N4O3S. The Morgan fingerprint density at radius 2 is 1.79 bits per heavy atom. The minimum Gasteiger partial charge on any atom is -0.339 e. The number of hydrogen-bond donors (Lipinski definition) is 1. The second-order valence-corrected chi connectivity index (χ2v) is 8.48. The van der Waals surface area contributed by atoms with Gasteiger partial charge in [-0.3, -0.25) is 4.79 Å². The highest BCUT2D eigenvalue weighted by molar-refractivity contribution is 7.89. The Morgan fingerprint density at radius 3 is 2.41 bits per heavy atom. The average molecular weight is 413 g/mol. The Labute approximate surface area is 170 Å². The van der Waals surface area contributed by atoms with Crippen LogP contribution in [0.15, 0.2) is 71.9 Å². The molecule has 0 unspecified atom stereocenters. The first-order chi connectivity index (χ1) is 13.8. The van der Waals surface area contributed by atoms with Gasteiger partial charge in [-0.15, -0.1) is 0 Å². The first kappa shape index (κ1) is 20.8. The highest BCUT2D eigenvalue weighted by Crippen LogP contribution is 2.21. The fraction of sp³-hybridized carbons (Fsp3) is 0.238. The van der Waals surface area contributed by atoms with Gasteiger partial charge in [-0.25, -0.2) is 18.2 Å². The van der Waals surface area contributed by atoms with Crippen molar-refractivity contribution in [1.29, 1.82) is 0 Å². The zero-order valence-electron chi connectivity index (χ0n) is 16.4. The van der Waals surface area contributed by atoms with Gasteiger partial charge in [0.05, 0.1) is 22.8 Å². The highest BCUT2D eigenvalue weighted by atomic mass is 32.2. The maximum absolute atomic E-state index is 12.6. The molecule has 0 fully saturated rings. The van der Waals surface area contributed by atoms with Crippen molar-refractivity contribution in [2.75, 3.05) is 7.05 Å². The number of aryl methyl sites for hydroxylation is 1. The van der Waals surface area contributed by atoms with E-state index in [1.54, 1.807) is 35.0 Å². The Hall–Kier alpha value is -2.97. The second kappa shape index (κ2) is 8.59. The molecule has 2 aromatic carbocycles. The number of hydrogen-bond acceptors (Lipinski definition) is 4. The van der Waals surface area contributed by atoms with E-state index in [4.69, 9.17) is 5.14 Å². The molecule has 8 heteroatoms. The summed E-state index contributed by atoms with van der Waals surface area (Å²) in [6.45, 7) is 1.90. The molecule has 7 nitrogen and oxygen atoms in total. The number of benzene rings is 2. The number of primary sulfonamides is 1. The van der Waals surface area contributed by atoms with Crippen LogP contribution in [0.25, 0.3) is 5.69 Å². The first-order valence-electron chi connectivity index (χ1n) is 9.23. The van der Waals surface area contributed by atoms with Crippen LogP contribution in [-0.2, 0) is 21.2 Å². The number of carbonyl (C=O) groups is 1. The summed E-state index contributed by atoms with van der Waals surface area (Å²) < 4.78 is 24.5. The molecule has 0 saturated carbocycles. The summed E-state index contributed by atoms with van der Waals surface area (Å²) in [6.07, 6.45) is 4.65. The molecule has 3 aromatic rings. The van der Waals surface area contributed by atoms with Crippen molar-refractivity contribution < 1.29 is 13.2 Å². The summed E-state index contributed by atoms with van der Waals surface area (Å²) in [5.74, 6) is 0.000448. The van der Waals surface area contributed by atoms with Crippen LogP contribution in [0, 0.1) is 0 Å². The molecule has 0 aliphatic heterocycles. The molecule has 152 valence electrons. The third-order valence-corrected chi connectivity index (χ3v) is 5.88. The number of sulfonamides is 1. The van der Waals surface area contributed by atoms with E-state index >= 15 is 0 Å².